The number of carbonyl (C=O) groups excluding carboxylic acids is 1. The molecule has 3 nitrogen and oxygen atoms in total. The van der Waals surface area contributed by atoms with Crippen LogP contribution in [0.4, 0.5) is 4.39 Å². The lowest BCUT2D eigenvalue weighted by molar-refractivity contribution is -0.150. The van der Waals surface area contributed by atoms with Crippen molar-refractivity contribution in [3.8, 4) is 0 Å². The van der Waals surface area contributed by atoms with E-state index in [-0.39, 0.29) is 12.4 Å². The zero-order valence-corrected chi connectivity index (χ0v) is 11.6. The summed E-state index contributed by atoms with van der Waals surface area (Å²) >= 11 is 0. The van der Waals surface area contributed by atoms with Gasteiger partial charge in [-0.2, -0.15) is 0 Å². The highest BCUT2D eigenvalue weighted by Gasteiger charge is 2.36. The van der Waals surface area contributed by atoms with E-state index in [0.29, 0.717) is 17.7 Å². The van der Waals surface area contributed by atoms with Gasteiger partial charge in [0.15, 0.2) is 0 Å². The van der Waals surface area contributed by atoms with Gasteiger partial charge in [-0.25, -0.2) is 9.18 Å². The fourth-order valence-corrected chi connectivity index (χ4v) is 1.75. The first kappa shape index (κ1) is 15.4. The lowest BCUT2D eigenvalue weighted by Crippen LogP contribution is -2.47. The zero-order valence-electron chi connectivity index (χ0n) is 11.6. The molecule has 0 saturated carbocycles. The average molecular weight is 265 g/mol. The third-order valence-electron chi connectivity index (χ3n) is 3.03. The molecule has 0 aliphatic heterocycles. The van der Waals surface area contributed by atoms with E-state index in [1.54, 1.807) is 39.0 Å². The van der Waals surface area contributed by atoms with Gasteiger partial charge in [0, 0.05) is 6.54 Å². The Bertz CT molecular complexity index is 473. The van der Waals surface area contributed by atoms with E-state index in [1.165, 1.54) is 6.07 Å². The van der Waals surface area contributed by atoms with E-state index in [4.69, 9.17) is 4.74 Å². The topological polar surface area (TPSA) is 38.3 Å². The number of hydrogen-bond acceptors (Lipinski definition) is 3. The molecule has 19 heavy (non-hydrogen) atoms. The van der Waals surface area contributed by atoms with E-state index in [9.17, 15) is 9.18 Å². The Kier molecular flexibility index (Phi) is 5.24. The van der Waals surface area contributed by atoms with Gasteiger partial charge in [0.2, 0.25) is 0 Å². The summed E-state index contributed by atoms with van der Waals surface area (Å²) in [4.78, 5) is 12.1. The van der Waals surface area contributed by atoms with Crippen LogP contribution < -0.4 is 5.32 Å². The molecule has 1 atom stereocenters. The fraction of sp³-hybridized carbons (Fsp3) is 0.400. The van der Waals surface area contributed by atoms with Gasteiger partial charge in [0.25, 0.3) is 0 Å². The highest BCUT2D eigenvalue weighted by atomic mass is 19.1. The normalized spacial score (nSPS) is 13.7. The predicted octanol–water partition coefficient (Wildman–Crippen LogP) is 2.69. The molecule has 0 aliphatic rings. The second kappa shape index (κ2) is 6.48. The van der Waals surface area contributed by atoms with Crippen molar-refractivity contribution >= 4 is 5.97 Å². The van der Waals surface area contributed by atoms with Crippen molar-refractivity contribution < 1.29 is 13.9 Å². The summed E-state index contributed by atoms with van der Waals surface area (Å²) in [6, 6.07) is 4.74. The first-order valence-corrected chi connectivity index (χ1v) is 6.25. The van der Waals surface area contributed by atoms with Gasteiger partial charge in [-0.1, -0.05) is 18.2 Å². The molecule has 0 spiro atoms. The molecule has 0 heterocycles. The number of ether oxygens (including phenoxy) is 1. The van der Waals surface area contributed by atoms with Crippen LogP contribution in [-0.2, 0) is 15.1 Å². The van der Waals surface area contributed by atoms with Crippen molar-refractivity contribution in [3.05, 3.63) is 47.8 Å². The predicted molar refractivity (Wildman–Crippen MR) is 73.3 cm³/mol. The Labute approximate surface area is 113 Å². The molecule has 0 saturated heterocycles. The Morgan fingerprint density at radius 3 is 2.79 bits per heavy atom. The van der Waals surface area contributed by atoms with Crippen molar-refractivity contribution in [2.75, 3.05) is 13.2 Å². The first-order valence-electron chi connectivity index (χ1n) is 6.25. The number of rotatable bonds is 6. The maximum Gasteiger partial charge on any atom is 0.330 e. The van der Waals surface area contributed by atoms with Gasteiger partial charge in [0.1, 0.15) is 11.4 Å². The molecule has 0 aromatic heterocycles. The van der Waals surface area contributed by atoms with Gasteiger partial charge in [-0.15, -0.1) is 6.58 Å². The Morgan fingerprint density at radius 1 is 1.58 bits per heavy atom. The van der Waals surface area contributed by atoms with Gasteiger partial charge in [-0.3, -0.25) is 5.32 Å². The number of halogens is 1. The standard InChI is InChI=1S/C15H20FNO2/c1-5-9-17-15(4,14(18)19-6-2)12-8-7-11(3)13(16)10-12/h5,7-8,10,17H,1,6,9H2,2-4H3. The molecule has 1 rings (SSSR count). The highest BCUT2D eigenvalue weighted by Crippen LogP contribution is 2.24. The minimum absolute atomic E-state index is 0.276. The molecule has 1 aromatic rings. The number of carbonyl (C=O) groups is 1. The summed E-state index contributed by atoms with van der Waals surface area (Å²) in [5.41, 5.74) is -0.00627. The van der Waals surface area contributed by atoms with E-state index >= 15 is 0 Å². The average Bonchev–Trinajstić information content (AvgIpc) is 2.39. The second-order valence-corrected chi connectivity index (χ2v) is 4.48. The Balaban J connectivity index is 3.17. The highest BCUT2D eigenvalue weighted by molar-refractivity contribution is 5.82. The van der Waals surface area contributed by atoms with Crippen LogP contribution in [0.25, 0.3) is 0 Å². The molecule has 0 aliphatic carbocycles. The molecule has 1 unspecified atom stereocenters. The van der Waals surface area contributed by atoms with Crippen molar-refractivity contribution in [1.29, 1.82) is 0 Å². The van der Waals surface area contributed by atoms with Crippen LogP contribution in [0.3, 0.4) is 0 Å². The van der Waals surface area contributed by atoms with Gasteiger partial charge in [0.05, 0.1) is 6.61 Å². The van der Waals surface area contributed by atoms with Crippen LogP contribution in [0.2, 0.25) is 0 Å². The molecule has 0 bridgehead atoms. The smallest absolute Gasteiger partial charge is 0.330 e. The molecule has 104 valence electrons. The molecule has 4 heteroatoms. The van der Waals surface area contributed by atoms with Crippen LogP contribution >= 0.6 is 0 Å². The van der Waals surface area contributed by atoms with Crippen LogP contribution in [0.15, 0.2) is 30.9 Å². The third kappa shape index (κ3) is 3.41. The molecule has 1 N–H and O–H groups in total. The lowest BCUT2D eigenvalue weighted by atomic mass is 9.91. The maximum absolute atomic E-state index is 13.7. The van der Waals surface area contributed by atoms with Crippen molar-refractivity contribution in [3.63, 3.8) is 0 Å². The minimum atomic E-state index is -1.08. The molecular formula is C15H20FNO2. The van der Waals surface area contributed by atoms with Crippen molar-refractivity contribution in [1.82, 2.24) is 5.32 Å². The largest absolute Gasteiger partial charge is 0.464 e. The van der Waals surface area contributed by atoms with Crippen LogP contribution in [0.1, 0.15) is 25.0 Å². The molecular weight excluding hydrogens is 245 g/mol. The minimum Gasteiger partial charge on any atom is -0.464 e. The molecule has 0 amide bonds. The molecule has 1 aromatic carbocycles. The number of benzene rings is 1. The van der Waals surface area contributed by atoms with E-state index < -0.39 is 11.5 Å². The summed E-state index contributed by atoms with van der Waals surface area (Å²) in [5, 5.41) is 3.03. The van der Waals surface area contributed by atoms with E-state index in [1.807, 2.05) is 0 Å². The van der Waals surface area contributed by atoms with E-state index in [0.717, 1.165) is 0 Å². The summed E-state index contributed by atoms with van der Waals surface area (Å²) in [5.74, 6) is -0.770. The lowest BCUT2D eigenvalue weighted by Gasteiger charge is -2.28. The summed E-state index contributed by atoms with van der Waals surface area (Å²) in [6.45, 7) is 9.40. The summed E-state index contributed by atoms with van der Waals surface area (Å²) in [6.07, 6.45) is 1.64. The van der Waals surface area contributed by atoms with Crippen LogP contribution in [0.5, 0.6) is 0 Å². The van der Waals surface area contributed by atoms with Gasteiger partial charge >= 0.3 is 5.97 Å². The van der Waals surface area contributed by atoms with Crippen molar-refractivity contribution in [2.45, 2.75) is 26.3 Å². The van der Waals surface area contributed by atoms with Gasteiger partial charge < -0.3 is 4.74 Å². The Morgan fingerprint density at radius 2 is 2.26 bits per heavy atom. The van der Waals surface area contributed by atoms with Crippen LogP contribution in [0, 0.1) is 12.7 Å². The quantitative estimate of drug-likeness (QED) is 0.635. The van der Waals surface area contributed by atoms with Crippen LogP contribution in [-0.4, -0.2) is 19.1 Å². The fourth-order valence-electron chi connectivity index (χ4n) is 1.75. The van der Waals surface area contributed by atoms with Crippen molar-refractivity contribution in [2.24, 2.45) is 0 Å². The monoisotopic (exact) mass is 265 g/mol. The first-order chi connectivity index (χ1) is 8.95. The summed E-state index contributed by atoms with van der Waals surface area (Å²) in [7, 11) is 0. The Hall–Kier alpha value is -1.68. The van der Waals surface area contributed by atoms with Gasteiger partial charge in [-0.05, 0) is 38.0 Å². The third-order valence-corrected chi connectivity index (χ3v) is 3.03. The van der Waals surface area contributed by atoms with E-state index in [2.05, 4.69) is 11.9 Å². The molecule has 0 fully saturated rings. The maximum atomic E-state index is 13.7. The molecule has 0 radical (unpaired) electrons. The number of aryl methyl sites for hydroxylation is 1. The zero-order chi connectivity index (χ0) is 14.5. The second-order valence-electron chi connectivity index (χ2n) is 4.48. The SMILES string of the molecule is C=CCNC(C)(C(=O)OCC)c1ccc(C)c(F)c1. The number of esters is 1. The number of hydrogen-bond donors (Lipinski definition) is 1. The summed E-state index contributed by atoms with van der Waals surface area (Å²) < 4.78 is 18.8. The number of nitrogens with one attached hydrogen (secondary N) is 1.